The fourth-order valence-electron chi connectivity index (χ4n) is 1.21. The van der Waals surface area contributed by atoms with Crippen molar-refractivity contribution >= 4 is 0 Å². The fourth-order valence-corrected chi connectivity index (χ4v) is 1.21. The highest BCUT2D eigenvalue weighted by Crippen LogP contribution is 2.14. The molecule has 80 valence electrons. The molecule has 0 amide bonds. The van der Waals surface area contributed by atoms with Gasteiger partial charge in [-0.25, -0.2) is 0 Å². The number of rotatable bonds is 3. The Labute approximate surface area is 85.7 Å². The summed E-state index contributed by atoms with van der Waals surface area (Å²) < 4.78 is 0. The summed E-state index contributed by atoms with van der Waals surface area (Å²) >= 11 is 0. The molecule has 0 atom stereocenters. The van der Waals surface area contributed by atoms with Crippen LogP contribution in [-0.4, -0.2) is 20.2 Å². The van der Waals surface area contributed by atoms with Gasteiger partial charge >= 0.3 is 0 Å². The van der Waals surface area contributed by atoms with Gasteiger partial charge in [0.05, 0.1) is 6.54 Å². The second-order valence-electron chi connectivity index (χ2n) is 5.39. The van der Waals surface area contributed by atoms with Crippen molar-refractivity contribution in [1.29, 1.82) is 0 Å². The van der Waals surface area contributed by atoms with Crippen molar-refractivity contribution in [2.24, 2.45) is 11.3 Å². The van der Waals surface area contributed by atoms with Crippen molar-refractivity contribution in [1.82, 2.24) is 20.2 Å². The van der Waals surface area contributed by atoms with Gasteiger partial charge in [-0.2, -0.15) is 4.80 Å². The van der Waals surface area contributed by atoms with Crippen LogP contribution in [0.1, 0.15) is 40.4 Å². The van der Waals surface area contributed by atoms with Crippen LogP contribution in [0.4, 0.5) is 0 Å². The molecule has 1 aromatic rings. The van der Waals surface area contributed by atoms with Crippen molar-refractivity contribution in [3.8, 4) is 0 Å². The lowest BCUT2D eigenvalue weighted by Gasteiger charge is -2.15. The van der Waals surface area contributed by atoms with Crippen LogP contribution in [0.5, 0.6) is 0 Å². The van der Waals surface area contributed by atoms with Gasteiger partial charge in [0.2, 0.25) is 0 Å². The molecule has 0 aliphatic heterocycles. The zero-order valence-corrected chi connectivity index (χ0v) is 9.78. The molecular weight excluding hydrogens is 176 g/mol. The molecule has 0 N–H and O–H groups in total. The first-order valence-corrected chi connectivity index (χ1v) is 5.13. The van der Waals surface area contributed by atoms with Crippen LogP contribution in [0.25, 0.3) is 0 Å². The Morgan fingerprint density at radius 2 is 1.93 bits per heavy atom. The summed E-state index contributed by atoms with van der Waals surface area (Å²) in [5.74, 6) is 1.44. The van der Waals surface area contributed by atoms with Crippen molar-refractivity contribution in [3.05, 3.63) is 5.82 Å². The Morgan fingerprint density at radius 3 is 2.43 bits per heavy atom. The number of aromatic nitrogens is 4. The predicted molar refractivity (Wildman–Crippen MR) is 55.8 cm³/mol. The summed E-state index contributed by atoms with van der Waals surface area (Å²) in [7, 11) is 0. The van der Waals surface area contributed by atoms with Gasteiger partial charge in [0.1, 0.15) is 0 Å². The van der Waals surface area contributed by atoms with Crippen molar-refractivity contribution < 1.29 is 0 Å². The molecule has 0 aliphatic rings. The van der Waals surface area contributed by atoms with E-state index in [1.54, 1.807) is 4.80 Å². The zero-order chi connectivity index (χ0) is 10.8. The molecule has 0 unspecified atom stereocenters. The molecule has 4 nitrogen and oxygen atoms in total. The first-order valence-electron chi connectivity index (χ1n) is 5.13. The van der Waals surface area contributed by atoms with E-state index in [9.17, 15) is 0 Å². The normalized spacial score (nSPS) is 12.4. The third kappa shape index (κ3) is 3.85. The minimum atomic E-state index is 0.204. The molecule has 1 aromatic heterocycles. The fraction of sp³-hybridized carbons (Fsp3) is 0.900. The van der Waals surface area contributed by atoms with Crippen LogP contribution in [-0.2, 0) is 13.0 Å². The summed E-state index contributed by atoms with van der Waals surface area (Å²) in [5, 5.41) is 12.4. The van der Waals surface area contributed by atoms with E-state index in [2.05, 4.69) is 50.0 Å². The lowest BCUT2D eigenvalue weighted by molar-refractivity contribution is 0.299. The second kappa shape index (κ2) is 4.07. The monoisotopic (exact) mass is 196 g/mol. The van der Waals surface area contributed by atoms with Crippen molar-refractivity contribution in [3.63, 3.8) is 0 Å². The highest BCUT2D eigenvalue weighted by molar-refractivity contribution is 4.78. The first kappa shape index (κ1) is 11.1. The molecule has 0 bridgehead atoms. The Bertz CT molecular complexity index is 283. The van der Waals surface area contributed by atoms with Gasteiger partial charge in [-0.15, -0.1) is 10.2 Å². The smallest absolute Gasteiger partial charge is 0.164 e. The standard InChI is InChI=1S/C10H20N4/c1-8(2)6-9-11-13-14(12-9)7-10(3,4)5/h8H,6-7H2,1-5H3. The third-order valence-electron chi connectivity index (χ3n) is 1.70. The maximum absolute atomic E-state index is 4.33. The molecule has 0 spiro atoms. The van der Waals surface area contributed by atoms with Gasteiger partial charge in [0, 0.05) is 6.42 Å². The summed E-state index contributed by atoms with van der Waals surface area (Å²) in [6.07, 6.45) is 0.907. The molecule has 1 rings (SSSR count). The molecule has 1 heterocycles. The van der Waals surface area contributed by atoms with Crippen molar-refractivity contribution in [2.75, 3.05) is 0 Å². The van der Waals surface area contributed by atoms with Gasteiger partial charge in [-0.3, -0.25) is 0 Å². The molecule has 0 saturated heterocycles. The number of hydrogen-bond acceptors (Lipinski definition) is 3. The Balaban J connectivity index is 2.60. The molecule has 0 fully saturated rings. The molecule has 4 heteroatoms. The highest BCUT2D eigenvalue weighted by Gasteiger charge is 2.13. The zero-order valence-electron chi connectivity index (χ0n) is 9.78. The van der Waals surface area contributed by atoms with E-state index in [0.29, 0.717) is 5.92 Å². The van der Waals surface area contributed by atoms with Crippen LogP contribution >= 0.6 is 0 Å². The van der Waals surface area contributed by atoms with Gasteiger partial charge in [0.15, 0.2) is 5.82 Å². The summed E-state index contributed by atoms with van der Waals surface area (Å²) in [5.41, 5.74) is 0.204. The molecular formula is C10H20N4. The Kier molecular flexibility index (Phi) is 3.24. The van der Waals surface area contributed by atoms with Crippen molar-refractivity contribution in [2.45, 2.75) is 47.6 Å². The average Bonchev–Trinajstić information content (AvgIpc) is 2.30. The van der Waals surface area contributed by atoms with Gasteiger partial charge in [-0.05, 0) is 16.5 Å². The quantitative estimate of drug-likeness (QED) is 0.741. The Hall–Kier alpha value is -0.930. The second-order valence-corrected chi connectivity index (χ2v) is 5.39. The molecule has 14 heavy (non-hydrogen) atoms. The minimum absolute atomic E-state index is 0.204. The highest BCUT2D eigenvalue weighted by atomic mass is 15.6. The van der Waals surface area contributed by atoms with E-state index in [1.165, 1.54) is 0 Å². The third-order valence-corrected chi connectivity index (χ3v) is 1.70. The van der Waals surface area contributed by atoms with E-state index < -0.39 is 0 Å². The lowest BCUT2D eigenvalue weighted by atomic mass is 9.97. The van der Waals surface area contributed by atoms with E-state index in [1.807, 2.05) is 0 Å². The minimum Gasteiger partial charge on any atom is -0.164 e. The topological polar surface area (TPSA) is 43.6 Å². The average molecular weight is 196 g/mol. The maximum atomic E-state index is 4.33. The van der Waals surface area contributed by atoms with Crippen LogP contribution in [0, 0.1) is 11.3 Å². The number of nitrogens with zero attached hydrogens (tertiary/aromatic N) is 4. The van der Waals surface area contributed by atoms with E-state index in [-0.39, 0.29) is 5.41 Å². The van der Waals surface area contributed by atoms with Crippen LogP contribution in [0.3, 0.4) is 0 Å². The number of tetrazole rings is 1. The molecule has 0 saturated carbocycles. The number of hydrogen-bond donors (Lipinski definition) is 0. The van der Waals surface area contributed by atoms with Gasteiger partial charge in [0.25, 0.3) is 0 Å². The van der Waals surface area contributed by atoms with Crippen LogP contribution in [0.15, 0.2) is 0 Å². The molecule has 0 aromatic carbocycles. The summed E-state index contributed by atoms with van der Waals surface area (Å²) in [4.78, 5) is 1.69. The maximum Gasteiger partial charge on any atom is 0.175 e. The van der Waals surface area contributed by atoms with Gasteiger partial charge < -0.3 is 0 Å². The van der Waals surface area contributed by atoms with E-state index in [4.69, 9.17) is 0 Å². The van der Waals surface area contributed by atoms with E-state index >= 15 is 0 Å². The SMILES string of the molecule is CC(C)Cc1nnn(CC(C)(C)C)n1. The lowest BCUT2D eigenvalue weighted by Crippen LogP contribution is -2.17. The largest absolute Gasteiger partial charge is 0.175 e. The van der Waals surface area contributed by atoms with Crippen LogP contribution < -0.4 is 0 Å². The van der Waals surface area contributed by atoms with Gasteiger partial charge in [-0.1, -0.05) is 34.6 Å². The van der Waals surface area contributed by atoms with E-state index in [0.717, 1.165) is 18.8 Å². The Morgan fingerprint density at radius 1 is 1.29 bits per heavy atom. The summed E-state index contributed by atoms with van der Waals surface area (Å²) in [6.45, 7) is 11.6. The molecule has 0 aliphatic carbocycles. The molecule has 0 radical (unpaired) electrons. The predicted octanol–water partition coefficient (Wildman–Crippen LogP) is 1.92. The summed E-state index contributed by atoms with van der Waals surface area (Å²) in [6, 6.07) is 0. The first-order chi connectivity index (χ1) is 6.37. The van der Waals surface area contributed by atoms with Crippen LogP contribution in [0.2, 0.25) is 0 Å².